The number of carbonyl (C=O) groups is 1. The van der Waals surface area contributed by atoms with Crippen LogP contribution in [0.4, 0.5) is 5.69 Å². The molecule has 0 aromatic heterocycles. The number of anilines is 1. The second-order valence-electron chi connectivity index (χ2n) is 7.44. The maximum atomic E-state index is 12.3. The summed E-state index contributed by atoms with van der Waals surface area (Å²) in [5.74, 6) is -0.00314. The number of sulfonamides is 1. The Labute approximate surface area is 155 Å². The Balaban J connectivity index is 1.99. The lowest BCUT2D eigenvalue weighted by molar-refractivity contribution is -0.116. The zero-order chi connectivity index (χ0) is 19.4. The molecule has 1 amide bonds. The molecule has 6 heteroatoms. The van der Waals surface area contributed by atoms with E-state index in [1.165, 1.54) is 12.1 Å². The van der Waals surface area contributed by atoms with E-state index in [9.17, 15) is 13.2 Å². The van der Waals surface area contributed by atoms with Gasteiger partial charge in [-0.3, -0.25) is 4.79 Å². The van der Waals surface area contributed by atoms with Crippen molar-refractivity contribution in [2.75, 3.05) is 5.32 Å². The second-order valence-corrected chi connectivity index (χ2v) is 9.13. The lowest BCUT2D eigenvalue weighted by atomic mass is 9.97. The summed E-state index contributed by atoms with van der Waals surface area (Å²) in [6, 6.07) is 16.0. The number of hydrogen-bond acceptors (Lipinski definition) is 3. The van der Waals surface area contributed by atoms with Gasteiger partial charge in [-0.05, 0) is 56.5 Å². The molecule has 0 spiro atoms. The molecule has 2 rings (SSSR count). The minimum atomic E-state index is -3.58. The Morgan fingerprint density at radius 3 is 2.12 bits per heavy atom. The maximum absolute atomic E-state index is 12.3. The quantitative estimate of drug-likeness (QED) is 0.805. The van der Waals surface area contributed by atoms with Crippen molar-refractivity contribution in [3.63, 3.8) is 0 Å². The van der Waals surface area contributed by atoms with E-state index < -0.39 is 15.6 Å². The van der Waals surface area contributed by atoms with Crippen molar-refractivity contribution >= 4 is 21.6 Å². The Hall–Kier alpha value is -2.18. The van der Waals surface area contributed by atoms with Crippen molar-refractivity contribution in [1.82, 2.24) is 4.72 Å². The molecule has 26 heavy (non-hydrogen) atoms. The van der Waals surface area contributed by atoms with Gasteiger partial charge in [-0.15, -0.1) is 0 Å². The third-order valence-corrected chi connectivity index (χ3v) is 5.52. The molecular weight excluding hydrogens is 348 g/mol. The van der Waals surface area contributed by atoms with Gasteiger partial charge in [0.15, 0.2) is 0 Å². The van der Waals surface area contributed by atoms with E-state index in [4.69, 9.17) is 0 Å². The third kappa shape index (κ3) is 5.97. The van der Waals surface area contributed by atoms with Gasteiger partial charge in [0.2, 0.25) is 15.9 Å². The molecule has 0 unspecified atom stereocenters. The zero-order valence-electron chi connectivity index (χ0n) is 15.6. The highest BCUT2D eigenvalue weighted by Crippen LogP contribution is 2.20. The minimum Gasteiger partial charge on any atom is -0.326 e. The number of nitrogens with one attached hydrogen (secondary N) is 2. The van der Waals surface area contributed by atoms with Crippen LogP contribution in [0.15, 0.2) is 59.5 Å². The molecule has 0 heterocycles. The Morgan fingerprint density at radius 2 is 1.58 bits per heavy atom. The van der Waals surface area contributed by atoms with Crippen LogP contribution in [-0.4, -0.2) is 19.9 Å². The first-order valence-electron chi connectivity index (χ1n) is 8.56. The van der Waals surface area contributed by atoms with Crippen LogP contribution in [0.5, 0.6) is 0 Å². The van der Waals surface area contributed by atoms with E-state index >= 15 is 0 Å². The molecule has 2 aromatic rings. The molecule has 0 aliphatic heterocycles. The van der Waals surface area contributed by atoms with Gasteiger partial charge in [-0.1, -0.05) is 37.3 Å². The summed E-state index contributed by atoms with van der Waals surface area (Å²) in [5.41, 5.74) is 1.13. The van der Waals surface area contributed by atoms with Crippen LogP contribution in [0.25, 0.3) is 0 Å². The number of carbonyl (C=O) groups excluding carboxylic acids is 1. The molecule has 2 aromatic carbocycles. The van der Waals surface area contributed by atoms with Crippen LogP contribution >= 0.6 is 0 Å². The van der Waals surface area contributed by atoms with Gasteiger partial charge in [0.25, 0.3) is 0 Å². The van der Waals surface area contributed by atoms with Crippen LogP contribution in [0.2, 0.25) is 0 Å². The lowest BCUT2D eigenvalue weighted by Gasteiger charge is -2.20. The smallest absolute Gasteiger partial charge is 0.241 e. The molecule has 5 nitrogen and oxygen atoms in total. The average Bonchev–Trinajstić information content (AvgIpc) is 2.54. The summed E-state index contributed by atoms with van der Waals surface area (Å²) >= 11 is 0. The first-order chi connectivity index (χ1) is 12.1. The number of hydrogen-bond donors (Lipinski definition) is 2. The Bertz CT molecular complexity index is 839. The monoisotopic (exact) mass is 374 g/mol. The van der Waals surface area contributed by atoms with Crippen LogP contribution < -0.4 is 10.0 Å². The van der Waals surface area contributed by atoms with Gasteiger partial charge < -0.3 is 5.32 Å². The minimum absolute atomic E-state index is 0.104. The molecule has 1 atom stereocenters. The largest absolute Gasteiger partial charge is 0.326 e. The van der Waals surface area contributed by atoms with E-state index in [0.717, 1.165) is 5.56 Å². The summed E-state index contributed by atoms with van der Waals surface area (Å²) in [4.78, 5) is 12.4. The summed E-state index contributed by atoms with van der Waals surface area (Å²) in [6.07, 6.45) is 0.357. The SMILES string of the molecule is C[C@@H](CC(=O)Nc1ccc(S(=O)(=O)NC(C)(C)C)cc1)c1ccccc1. The average molecular weight is 375 g/mol. The maximum Gasteiger partial charge on any atom is 0.241 e. The lowest BCUT2D eigenvalue weighted by Crippen LogP contribution is -2.40. The fraction of sp³-hybridized carbons (Fsp3) is 0.350. The van der Waals surface area contributed by atoms with Crippen molar-refractivity contribution in [2.24, 2.45) is 0 Å². The number of rotatable bonds is 6. The highest BCUT2D eigenvalue weighted by molar-refractivity contribution is 7.89. The van der Waals surface area contributed by atoms with Crippen molar-refractivity contribution in [3.05, 3.63) is 60.2 Å². The van der Waals surface area contributed by atoms with Gasteiger partial charge in [0.1, 0.15) is 0 Å². The highest BCUT2D eigenvalue weighted by Gasteiger charge is 2.21. The van der Waals surface area contributed by atoms with E-state index in [0.29, 0.717) is 12.1 Å². The van der Waals surface area contributed by atoms with E-state index in [-0.39, 0.29) is 16.7 Å². The molecule has 2 N–H and O–H groups in total. The standard InChI is InChI=1S/C20H26N2O3S/c1-15(16-8-6-5-7-9-16)14-19(23)21-17-10-12-18(13-11-17)26(24,25)22-20(2,3)4/h5-13,15,22H,14H2,1-4H3,(H,21,23)/t15-/m0/s1. The third-order valence-electron chi connectivity index (χ3n) is 3.75. The number of benzene rings is 2. The topological polar surface area (TPSA) is 75.3 Å². The molecule has 0 fully saturated rings. The molecule has 140 valence electrons. The van der Waals surface area contributed by atoms with Gasteiger partial charge >= 0.3 is 0 Å². The van der Waals surface area contributed by atoms with Gasteiger partial charge in [0, 0.05) is 17.6 Å². The van der Waals surface area contributed by atoms with Crippen molar-refractivity contribution < 1.29 is 13.2 Å². The second kappa shape index (κ2) is 8.01. The fourth-order valence-corrected chi connectivity index (χ4v) is 3.99. The Kier molecular flexibility index (Phi) is 6.21. The van der Waals surface area contributed by atoms with Crippen LogP contribution in [0, 0.1) is 0 Å². The fourth-order valence-electron chi connectivity index (χ4n) is 2.57. The van der Waals surface area contributed by atoms with Crippen LogP contribution in [-0.2, 0) is 14.8 Å². The van der Waals surface area contributed by atoms with Crippen LogP contribution in [0.3, 0.4) is 0 Å². The predicted octanol–water partition coefficient (Wildman–Crippen LogP) is 3.90. The molecular formula is C20H26N2O3S. The first-order valence-corrected chi connectivity index (χ1v) is 10.0. The van der Waals surface area contributed by atoms with E-state index in [2.05, 4.69) is 10.0 Å². The predicted molar refractivity (Wildman–Crippen MR) is 105 cm³/mol. The number of amides is 1. The van der Waals surface area contributed by atoms with Gasteiger partial charge in [-0.2, -0.15) is 0 Å². The summed E-state index contributed by atoms with van der Waals surface area (Å²) in [5, 5.41) is 2.82. The highest BCUT2D eigenvalue weighted by atomic mass is 32.2. The molecule has 0 radical (unpaired) electrons. The van der Waals surface area contributed by atoms with E-state index in [1.54, 1.807) is 32.9 Å². The molecule has 0 bridgehead atoms. The van der Waals surface area contributed by atoms with Gasteiger partial charge in [-0.25, -0.2) is 13.1 Å². The Morgan fingerprint density at radius 1 is 1.00 bits per heavy atom. The molecule has 0 saturated carbocycles. The molecule has 0 aliphatic carbocycles. The van der Waals surface area contributed by atoms with E-state index in [1.807, 2.05) is 37.3 Å². The summed E-state index contributed by atoms with van der Waals surface area (Å²) < 4.78 is 27.2. The summed E-state index contributed by atoms with van der Waals surface area (Å²) in [7, 11) is -3.58. The normalized spacial score (nSPS) is 13.2. The van der Waals surface area contributed by atoms with Gasteiger partial charge in [0.05, 0.1) is 4.90 Å². The van der Waals surface area contributed by atoms with Crippen molar-refractivity contribution in [2.45, 2.75) is 50.5 Å². The van der Waals surface area contributed by atoms with Crippen molar-refractivity contribution in [3.8, 4) is 0 Å². The van der Waals surface area contributed by atoms with Crippen molar-refractivity contribution in [1.29, 1.82) is 0 Å². The molecule has 0 aliphatic rings. The van der Waals surface area contributed by atoms with Crippen LogP contribution in [0.1, 0.15) is 45.6 Å². The molecule has 0 saturated heterocycles. The summed E-state index contributed by atoms with van der Waals surface area (Å²) in [6.45, 7) is 7.36. The first kappa shape index (κ1) is 20.1. The zero-order valence-corrected chi connectivity index (χ0v) is 16.4.